The Morgan fingerprint density at radius 1 is 0.917 bits per heavy atom. The van der Waals surface area contributed by atoms with E-state index in [2.05, 4.69) is 4.31 Å². The number of rotatable bonds is 2. The fraction of sp³-hybridized carbons (Fsp3) is 0. The van der Waals surface area contributed by atoms with Crippen LogP contribution in [0.1, 0.15) is 0 Å². The Morgan fingerprint density at radius 3 is 1.08 bits per heavy atom. The van der Waals surface area contributed by atoms with Crippen LogP contribution in [0.15, 0.2) is 0 Å². The third kappa shape index (κ3) is 22.6. The van der Waals surface area contributed by atoms with Gasteiger partial charge in [-0.2, -0.15) is 4.31 Å². The van der Waals surface area contributed by atoms with Crippen LogP contribution in [0, 0.1) is 0 Å². The van der Waals surface area contributed by atoms with Crippen molar-refractivity contribution >= 4 is 45.2 Å². The predicted molar refractivity (Wildman–Crippen MR) is 33.0 cm³/mol. The topological polar surface area (TPSA) is 141 Å². The van der Waals surface area contributed by atoms with Crippen molar-refractivity contribution < 1.29 is 54.1 Å². The zero-order valence-corrected chi connectivity index (χ0v) is 7.95. The molecule has 12 heteroatoms. The number of hydrogen-bond acceptors (Lipinski definition) is 4. The summed E-state index contributed by atoms with van der Waals surface area (Å²) in [6.45, 7) is 0. The quantitative estimate of drug-likeness (QED) is 0.347. The van der Waals surface area contributed by atoms with Gasteiger partial charge in [-0.05, 0) is 0 Å². The zero-order valence-electron chi connectivity index (χ0n) is 4.76. The molecule has 0 radical (unpaired) electrons. The third-order valence-electron chi connectivity index (χ3n) is 0.213. The van der Waals surface area contributed by atoms with E-state index < -0.39 is 15.6 Å². The van der Waals surface area contributed by atoms with Crippen molar-refractivity contribution in [1.82, 2.24) is 0 Å². The van der Waals surface area contributed by atoms with E-state index in [-0.39, 0.29) is 29.6 Å². The molecule has 4 N–H and O–H groups in total. The normalized spacial score (nSPS) is 10.6. The summed E-state index contributed by atoms with van der Waals surface area (Å²) in [5.74, 6) is 0. The molecule has 0 aliphatic carbocycles. The molecule has 0 unspecified atom stereocenters. The summed E-state index contributed by atoms with van der Waals surface area (Å²) in [6.07, 6.45) is 0. The number of hydrogen-bond donors (Lipinski definition) is 4. The Kier molecular flexibility index (Phi) is 12.8. The molecule has 0 aromatic heterocycles. The second-order valence-electron chi connectivity index (χ2n) is 1.06. The Bertz CT molecular complexity index is 169. The van der Waals surface area contributed by atoms with E-state index in [9.17, 15) is 9.13 Å². The Labute approximate surface area is 98.7 Å². The van der Waals surface area contributed by atoms with Crippen LogP contribution in [0.4, 0.5) is 0 Å². The monoisotopic (exact) mass is 269 g/mol. The standard InChI is InChI=1S/Na.H4O7P2.O.V.H/c;1-8(2,3)7-9(4,5)6;;;/h;(H2,1,2,3)(H2,4,5,6);;;. The van der Waals surface area contributed by atoms with Crippen molar-refractivity contribution in [3.8, 4) is 0 Å². The number of phosphoric acid groups is 2. The molecule has 12 heavy (non-hydrogen) atoms. The minimum atomic E-state index is -5.05. The summed E-state index contributed by atoms with van der Waals surface area (Å²) < 4.78 is 30.4. The zero-order chi connectivity index (χ0) is 9.71. The van der Waals surface area contributed by atoms with Crippen molar-refractivity contribution in [3.05, 3.63) is 0 Å². The van der Waals surface area contributed by atoms with Crippen molar-refractivity contribution in [2.24, 2.45) is 0 Å². The summed E-state index contributed by atoms with van der Waals surface area (Å²) >= 11 is 1.06. The SMILES string of the molecule is O=P(O)(O)OP(=O)(O)O.[NaH].[O]=[V]. The van der Waals surface area contributed by atoms with Gasteiger partial charge >= 0.3 is 66.2 Å². The van der Waals surface area contributed by atoms with Crippen LogP contribution in [0.5, 0.6) is 0 Å². The first kappa shape index (κ1) is 19.3. The molecule has 0 aliphatic heterocycles. The van der Waals surface area contributed by atoms with Crippen LogP contribution < -0.4 is 0 Å². The molecule has 0 spiro atoms. The van der Waals surface area contributed by atoms with E-state index >= 15 is 0 Å². The molecule has 0 aliphatic rings. The van der Waals surface area contributed by atoms with E-state index in [4.69, 9.17) is 23.2 Å². The first-order valence-electron chi connectivity index (χ1n) is 1.71. The molecule has 0 saturated carbocycles. The van der Waals surface area contributed by atoms with Crippen molar-refractivity contribution in [3.63, 3.8) is 0 Å². The molecule has 0 amide bonds. The van der Waals surface area contributed by atoms with Crippen LogP contribution in [0.3, 0.4) is 0 Å². The molecular weight excluding hydrogens is 264 g/mol. The summed E-state index contributed by atoms with van der Waals surface area (Å²) in [7, 11) is -10.1. The van der Waals surface area contributed by atoms with Gasteiger partial charge < -0.3 is 19.6 Å². The molecule has 0 bridgehead atoms. The van der Waals surface area contributed by atoms with Crippen LogP contribution in [0.25, 0.3) is 0 Å². The van der Waals surface area contributed by atoms with Gasteiger partial charge in [0.2, 0.25) is 0 Å². The van der Waals surface area contributed by atoms with Gasteiger partial charge in [0.1, 0.15) is 0 Å². The molecule has 0 aromatic carbocycles. The van der Waals surface area contributed by atoms with Crippen LogP contribution >= 0.6 is 15.6 Å². The predicted octanol–water partition coefficient (Wildman–Crippen LogP) is -1.58. The fourth-order valence-corrected chi connectivity index (χ4v) is 1.25. The molecule has 69 valence electrons. The second-order valence-corrected chi connectivity index (χ2v) is 3.68. The first-order chi connectivity index (χ1) is 4.71. The molecule has 0 fully saturated rings. The third-order valence-corrected chi connectivity index (χ3v) is 1.91. The van der Waals surface area contributed by atoms with Crippen LogP contribution in [-0.2, 0) is 34.5 Å². The van der Waals surface area contributed by atoms with Crippen molar-refractivity contribution in [2.45, 2.75) is 0 Å². The van der Waals surface area contributed by atoms with E-state index in [1.165, 1.54) is 0 Å². The van der Waals surface area contributed by atoms with Crippen LogP contribution in [0.2, 0.25) is 0 Å². The molecule has 0 atom stereocenters. The average molecular weight is 269 g/mol. The summed E-state index contributed by atoms with van der Waals surface area (Å²) in [4.78, 5) is 31.0. The second kappa shape index (κ2) is 7.99. The van der Waals surface area contributed by atoms with E-state index in [1.807, 2.05) is 0 Å². The van der Waals surface area contributed by atoms with Gasteiger partial charge in [-0.25, -0.2) is 9.13 Å². The molecular formula is H5NaO8P2V. The summed E-state index contributed by atoms with van der Waals surface area (Å²) in [6, 6.07) is 0. The summed E-state index contributed by atoms with van der Waals surface area (Å²) in [5, 5.41) is 0. The molecule has 0 saturated heterocycles. The van der Waals surface area contributed by atoms with E-state index in [0.717, 1.165) is 17.4 Å². The van der Waals surface area contributed by atoms with Crippen molar-refractivity contribution in [1.29, 1.82) is 0 Å². The Balaban J connectivity index is -0.000000249. The summed E-state index contributed by atoms with van der Waals surface area (Å²) in [5.41, 5.74) is 0. The van der Waals surface area contributed by atoms with Gasteiger partial charge in [-0.1, -0.05) is 0 Å². The maximum atomic E-state index is 9.63. The van der Waals surface area contributed by atoms with Gasteiger partial charge in [-0.15, -0.1) is 0 Å². The van der Waals surface area contributed by atoms with Gasteiger partial charge in [0, 0.05) is 0 Å². The van der Waals surface area contributed by atoms with Gasteiger partial charge in [-0.3, -0.25) is 0 Å². The molecule has 0 rings (SSSR count). The van der Waals surface area contributed by atoms with Gasteiger partial charge in [0.25, 0.3) is 0 Å². The van der Waals surface area contributed by atoms with Crippen molar-refractivity contribution in [2.75, 3.05) is 0 Å². The fourth-order valence-electron chi connectivity index (χ4n) is 0.139. The van der Waals surface area contributed by atoms with E-state index in [0.29, 0.717) is 0 Å². The van der Waals surface area contributed by atoms with Gasteiger partial charge in [0.05, 0.1) is 0 Å². The van der Waals surface area contributed by atoms with Gasteiger partial charge in [0.15, 0.2) is 0 Å². The molecule has 0 aromatic rings. The average Bonchev–Trinajstić information content (AvgIpc) is 1.60. The minimum absolute atomic E-state index is 0. The molecule has 0 heterocycles. The Morgan fingerprint density at radius 2 is 1.08 bits per heavy atom. The molecule has 8 nitrogen and oxygen atoms in total. The van der Waals surface area contributed by atoms with Crippen LogP contribution in [-0.4, -0.2) is 49.1 Å². The first-order valence-corrected chi connectivity index (χ1v) is 5.34. The van der Waals surface area contributed by atoms with E-state index in [1.54, 1.807) is 0 Å². The maximum absolute atomic E-state index is 9.63. The Hall–Kier alpha value is 1.64.